The maximum atomic E-state index is 9.02. The maximum Gasteiger partial charge on any atom is 0.0992 e. The van der Waals surface area contributed by atoms with Crippen LogP contribution in [-0.2, 0) is 0 Å². The minimum atomic E-state index is 0.309. The van der Waals surface area contributed by atoms with Crippen LogP contribution < -0.4 is 10.6 Å². The van der Waals surface area contributed by atoms with Crippen LogP contribution in [0.3, 0.4) is 0 Å². The van der Waals surface area contributed by atoms with Gasteiger partial charge in [-0.2, -0.15) is 5.26 Å². The molecule has 0 aliphatic carbocycles. The Morgan fingerprint density at radius 2 is 2.26 bits per heavy atom. The molecule has 19 heavy (non-hydrogen) atoms. The van der Waals surface area contributed by atoms with Crippen molar-refractivity contribution in [3.63, 3.8) is 0 Å². The van der Waals surface area contributed by atoms with Gasteiger partial charge in [-0.15, -0.1) is 0 Å². The zero-order valence-corrected chi connectivity index (χ0v) is 11.7. The van der Waals surface area contributed by atoms with Crippen LogP contribution in [0.1, 0.15) is 18.9 Å². The minimum Gasteiger partial charge on any atom is -0.366 e. The van der Waals surface area contributed by atoms with E-state index in [0.717, 1.165) is 25.2 Å². The summed E-state index contributed by atoms with van der Waals surface area (Å²) in [7, 11) is 2.16. The Bertz CT molecular complexity index is 465. The summed E-state index contributed by atoms with van der Waals surface area (Å²) in [6.45, 7) is 4.84. The number of hydrogen-bond acceptors (Lipinski definition) is 4. The third-order valence-electron chi connectivity index (χ3n) is 4.06. The SMILES string of the molecule is CC1CCN(c2cccc(C#N)c2)C(CN)CN1C. The highest BCUT2D eigenvalue weighted by molar-refractivity contribution is 5.52. The van der Waals surface area contributed by atoms with E-state index in [1.54, 1.807) is 0 Å². The van der Waals surface area contributed by atoms with Crippen molar-refractivity contribution in [2.24, 2.45) is 5.73 Å². The van der Waals surface area contributed by atoms with Crippen molar-refractivity contribution in [1.29, 1.82) is 5.26 Å². The van der Waals surface area contributed by atoms with Gasteiger partial charge in [0.15, 0.2) is 0 Å². The van der Waals surface area contributed by atoms with Gasteiger partial charge in [0.1, 0.15) is 0 Å². The molecule has 0 aromatic heterocycles. The zero-order valence-electron chi connectivity index (χ0n) is 11.7. The third kappa shape index (κ3) is 3.06. The fourth-order valence-electron chi connectivity index (χ4n) is 2.64. The van der Waals surface area contributed by atoms with Crippen molar-refractivity contribution in [3.05, 3.63) is 29.8 Å². The second kappa shape index (κ2) is 6.05. The highest BCUT2D eigenvalue weighted by Gasteiger charge is 2.25. The van der Waals surface area contributed by atoms with Gasteiger partial charge in [0.2, 0.25) is 0 Å². The number of anilines is 1. The molecule has 1 aromatic carbocycles. The number of nitrogens with zero attached hydrogens (tertiary/aromatic N) is 3. The van der Waals surface area contributed by atoms with E-state index in [2.05, 4.69) is 35.9 Å². The summed E-state index contributed by atoms with van der Waals surface area (Å²) in [6.07, 6.45) is 1.11. The molecule has 2 N–H and O–H groups in total. The molecule has 0 spiro atoms. The molecule has 2 atom stereocenters. The molecule has 2 unspecified atom stereocenters. The monoisotopic (exact) mass is 258 g/mol. The van der Waals surface area contributed by atoms with Gasteiger partial charge in [-0.3, -0.25) is 0 Å². The summed E-state index contributed by atoms with van der Waals surface area (Å²) >= 11 is 0. The molecule has 1 aliphatic heterocycles. The molecule has 4 heteroatoms. The summed E-state index contributed by atoms with van der Waals surface area (Å²) in [5.74, 6) is 0. The lowest BCUT2D eigenvalue weighted by Crippen LogP contribution is -2.45. The number of likely N-dealkylation sites (N-methyl/N-ethyl adjacent to an activating group) is 1. The van der Waals surface area contributed by atoms with Gasteiger partial charge in [0.05, 0.1) is 17.7 Å². The van der Waals surface area contributed by atoms with E-state index < -0.39 is 0 Å². The first-order valence-electron chi connectivity index (χ1n) is 6.82. The number of hydrogen-bond donors (Lipinski definition) is 1. The summed E-state index contributed by atoms with van der Waals surface area (Å²) in [5.41, 5.74) is 7.76. The largest absolute Gasteiger partial charge is 0.366 e. The van der Waals surface area contributed by atoms with E-state index in [1.165, 1.54) is 0 Å². The maximum absolute atomic E-state index is 9.02. The van der Waals surface area contributed by atoms with Crippen molar-refractivity contribution >= 4 is 5.69 Å². The van der Waals surface area contributed by atoms with Crippen LogP contribution in [-0.4, -0.2) is 43.7 Å². The molecule has 2 rings (SSSR count). The lowest BCUT2D eigenvalue weighted by atomic mass is 10.1. The Morgan fingerprint density at radius 3 is 2.95 bits per heavy atom. The van der Waals surface area contributed by atoms with Crippen LogP contribution in [0, 0.1) is 11.3 Å². The molecule has 1 aliphatic rings. The molecule has 102 valence electrons. The van der Waals surface area contributed by atoms with E-state index in [9.17, 15) is 0 Å². The Balaban J connectivity index is 2.27. The molecular weight excluding hydrogens is 236 g/mol. The lowest BCUT2D eigenvalue weighted by molar-refractivity contribution is 0.256. The van der Waals surface area contributed by atoms with Crippen molar-refractivity contribution in [2.45, 2.75) is 25.4 Å². The average Bonchev–Trinajstić information content (AvgIpc) is 2.59. The Labute approximate surface area is 115 Å². The molecule has 1 heterocycles. The first kappa shape index (κ1) is 13.9. The normalized spacial score (nSPS) is 24.8. The van der Waals surface area contributed by atoms with E-state index in [4.69, 9.17) is 11.0 Å². The van der Waals surface area contributed by atoms with Crippen molar-refractivity contribution in [2.75, 3.05) is 31.6 Å². The minimum absolute atomic E-state index is 0.309. The molecule has 4 nitrogen and oxygen atoms in total. The van der Waals surface area contributed by atoms with Crippen LogP contribution in [0.4, 0.5) is 5.69 Å². The summed E-state index contributed by atoms with van der Waals surface area (Å²) in [4.78, 5) is 4.71. The number of nitrogens with two attached hydrogens (primary N) is 1. The molecule has 0 amide bonds. The standard InChI is InChI=1S/C15H22N4/c1-12-6-7-19(15(10-17)11-18(12)2)14-5-3-4-13(8-14)9-16/h3-5,8,12,15H,6-7,10-11,17H2,1-2H3. The first-order chi connectivity index (χ1) is 9.15. The Morgan fingerprint density at radius 1 is 1.47 bits per heavy atom. The van der Waals surface area contributed by atoms with Gasteiger partial charge in [-0.25, -0.2) is 0 Å². The van der Waals surface area contributed by atoms with Gasteiger partial charge < -0.3 is 15.5 Å². The number of rotatable bonds is 2. The fraction of sp³-hybridized carbons (Fsp3) is 0.533. The summed E-state index contributed by atoms with van der Waals surface area (Å²) < 4.78 is 0. The average molecular weight is 258 g/mol. The van der Waals surface area contributed by atoms with Crippen molar-refractivity contribution in [1.82, 2.24) is 4.90 Å². The predicted octanol–water partition coefficient (Wildman–Crippen LogP) is 1.42. The molecule has 0 bridgehead atoms. The summed E-state index contributed by atoms with van der Waals surface area (Å²) in [5, 5.41) is 9.02. The first-order valence-corrected chi connectivity index (χ1v) is 6.82. The van der Waals surface area contributed by atoms with Crippen LogP contribution in [0.15, 0.2) is 24.3 Å². The summed E-state index contributed by atoms with van der Waals surface area (Å²) in [6, 6.07) is 10.9. The Kier molecular flexibility index (Phi) is 4.41. The van der Waals surface area contributed by atoms with Crippen LogP contribution >= 0.6 is 0 Å². The number of nitriles is 1. The van der Waals surface area contributed by atoms with Crippen molar-refractivity contribution < 1.29 is 0 Å². The fourth-order valence-corrected chi connectivity index (χ4v) is 2.64. The van der Waals surface area contributed by atoms with E-state index in [0.29, 0.717) is 24.2 Å². The van der Waals surface area contributed by atoms with E-state index in [1.807, 2.05) is 18.2 Å². The smallest absolute Gasteiger partial charge is 0.0992 e. The molecule has 0 radical (unpaired) electrons. The highest BCUT2D eigenvalue weighted by atomic mass is 15.3. The third-order valence-corrected chi connectivity index (χ3v) is 4.06. The molecular formula is C15H22N4. The van der Waals surface area contributed by atoms with E-state index in [-0.39, 0.29) is 0 Å². The van der Waals surface area contributed by atoms with E-state index >= 15 is 0 Å². The second-order valence-electron chi connectivity index (χ2n) is 5.32. The van der Waals surface area contributed by atoms with Crippen LogP contribution in [0.2, 0.25) is 0 Å². The molecule has 1 saturated heterocycles. The zero-order chi connectivity index (χ0) is 13.8. The van der Waals surface area contributed by atoms with Crippen LogP contribution in [0.25, 0.3) is 0 Å². The predicted molar refractivity (Wildman–Crippen MR) is 78.1 cm³/mol. The quantitative estimate of drug-likeness (QED) is 0.871. The van der Waals surface area contributed by atoms with Crippen LogP contribution in [0.5, 0.6) is 0 Å². The second-order valence-corrected chi connectivity index (χ2v) is 5.32. The Hall–Kier alpha value is -1.57. The van der Waals surface area contributed by atoms with Crippen molar-refractivity contribution in [3.8, 4) is 6.07 Å². The molecule has 1 aromatic rings. The lowest BCUT2D eigenvalue weighted by Gasteiger charge is -2.32. The molecule has 0 saturated carbocycles. The van der Waals surface area contributed by atoms with Gasteiger partial charge in [-0.05, 0) is 38.6 Å². The van der Waals surface area contributed by atoms with Gasteiger partial charge in [-0.1, -0.05) is 6.07 Å². The topological polar surface area (TPSA) is 56.3 Å². The number of benzene rings is 1. The molecule has 1 fully saturated rings. The van der Waals surface area contributed by atoms with Gasteiger partial charge in [0.25, 0.3) is 0 Å². The van der Waals surface area contributed by atoms with Gasteiger partial charge in [0, 0.05) is 31.4 Å². The highest BCUT2D eigenvalue weighted by Crippen LogP contribution is 2.22. The van der Waals surface area contributed by atoms with Gasteiger partial charge >= 0.3 is 0 Å².